The molecule has 1 heterocycles. The van der Waals surface area contributed by atoms with Crippen LogP contribution in [0.5, 0.6) is 5.75 Å². The van der Waals surface area contributed by atoms with Crippen molar-refractivity contribution in [3.05, 3.63) is 83.8 Å². The zero-order chi connectivity index (χ0) is 20.9. The maximum Gasteiger partial charge on any atom is 0.251 e. The lowest BCUT2D eigenvalue weighted by Gasteiger charge is -2.12. The summed E-state index contributed by atoms with van der Waals surface area (Å²) >= 11 is 0. The van der Waals surface area contributed by atoms with Gasteiger partial charge >= 0.3 is 0 Å². The van der Waals surface area contributed by atoms with Crippen LogP contribution < -0.4 is 14.8 Å². The molecular formula is C21H22N2O5S. The first-order valence-corrected chi connectivity index (χ1v) is 10.4. The Morgan fingerprint density at radius 1 is 1.07 bits per heavy atom. The van der Waals surface area contributed by atoms with E-state index in [-0.39, 0.29) is 29.1 Å². The van der Waals surface area contributed by atoms with Gasteiger partial charge in [-0.25, -0.2) is 13.1 Å². The number of rotatable bonds is 8. The molecule has 0 saturated heterocycles. The Labute approximate surface area is 169 Å². The standard InChI is InChI=1S/C21H22N2O5S/c1-15(18-7-5-13-28-18)23-21(24)17-11-9-16(10-12-17)14-22-29(25,26)20-8-4-3-6-19(20)27-2/h3-13,15,22H,14H2,1-2H3,(H,23,24)/t15-/m1/s1. The van der Waals surface area contributed by atoms with Crippen LogP contribution in [0.25, 0.3) is 0 Å². The molecule has 0 saturated carbocycles. The highest BCUT2D eigenvalue weighted by Gasteiger charge is 2.19. The summed E-state index contributed by atoms with van der Waals surface area (Å²) in [6.45, 7) is 1.92. The fourth-order valence-corrected chi connectivity index (χ4v) is 3.95. The highest BCUT2D eigenvalue weighted by atomic mass is 32.2. The molecule has 29 heavy (non-hydrogen) atoms. The highest BCUT2D eigenvalue weighted by Crippen LogP contribution is 2.22. The van der Waals surface area contributed by atoms with Crippen LogP contribution in [0.4, 0.5) is 0 Å². The summed E-state index contributed by atoms with van der Waals surface area (Å²) in [5, 5.41) is 2.85. The van der Waals surface area contributed by atoms with E-state index in [1.54, 1.807) is 60.9 Å². The van der Waals surface area contributed by atoms with Crippen LogP contribution in [-0.4, -0.2) is 21.4 Å². The summed E-state index contributed by atoms with van der Waals surface area (Å²) in [6.07, 6.45) is 1.55. The summed E-state index contributed by atoms with van der Waals surface area (Å²) in [4.78, 5) is 12.4. The minimum atomic E-state index is -3.73. The predicted octanol–water partition coefficient (Wildman–Crippen LogP) is 3.26. The Kier molecular flexibility index (Phi) is 6.36. The van der Waals surface area contributed by atoms with Gasteiger partial charge in [-0.05, 0) is 48.9 Å². The van der Waals surface area contributed by atoms with Gasteiger partial charge in [-0.3, -0.25) is 4.79 Å². The van der Waals surface area contributed by atoms with E-state index in [4.69, 9.17) is 9.15 Å². The lowest BCUT2D eigenvalue weighted by Crippen LogP contribution is -2.26. The summed E-state index contributed by atoms with van der Waals surface area (Å²) in [7, 11) is -2.31. The molecule has 3 rings (SSSR count). The number of benzene rings is 2. The van der Waals surface area contributed by atoms with Crippen molar-refractivity contribution in [1.82, 2.24) is 10.0 Å². The number of furan rings is 1. The van der Waals surface area contributed by atoms with Gasteiger partial charge in [-0.15, -0.1) is 0 Å². The molecule has 0 unspecified atom stereocenters. The Morgan fingerprint density at radius 3 is 2.45 bits per heavy atom. The maximum atomic E-state index is 12.5. The molecule has 1 atom stereocenters. The molecule has 3 aromatic rings. The topological polar surface area (TPSA) is 97.6 Å². The number of amides is 1. The van der Waals surface area contributed by atoms with Gasteiger partial charge in [0.25, 0.3) is 5.91 Å². The lowest BCUT2D eigenvalue weighted by atomic mass is 10.1. The first-order chi connectivity index (χ1) is 13.9. The van der Waals surface area contributed by atoms with Gasteiger partial charge in [0.1, 0.15) is 16.4 Å². The molecule has 0 aliphatic carbocycles. The largest absolute Gasteiger partial charge is 0.495 e. The van der Waals surface area contributed by atoms with Crippen molar-refractivity contribution in [2.75, 3.05) is 7.11 Å². The molecule has 1 amide bonds. The van der Waals surface area contributed by atoms with Crippen LogP contribution in [0.3, 0.4) is 0 Å². The minimum Gasteiger partial charge on any atom is -0.495 e. The van der Waals surface area contributed by atoms with E-state index < -0.39 is 10.0 Å². The van der Waals surface area contributed by atoms with E-state index in [1.807, 2.05) is 6.92 Å². The van der Waals surface area contributed by atoms with Gasteiger partial charge in [0.05, 0.1) is 19.4 Å². The minimum absolute atomic E-state index is 0.0745. The second kappa shape index (κ2) is 8.93. The van der Waals surface area contributed by atoms with Crippen molar-refractivity contribution in [2.45, 2.75) is 24.4 Å². The van der Waals surface area contributed by atoms with Crippen molar-refractivity contribution in [3.63, 3.8) is 0 Å². The van der Waals surface area contributed by atoms with Crippen molar-refractivity contribution in [1.29, 1.82) is 0 Å². The molecule has 152 valence electrons. The molecule has 0 spiro atoms. The van der Waals surface area contributed by atoms with Crippen molar-refractivity contribution in [2.24, 2.45) is 0 Å². The van der Waals surface area contributed by atoms with E-state index in [1.165, 1.54) is 13.2 Å². The first kappa shape index (κ1) is 20.6. The van der Waals surface area contributed by atoms with E-state index in [2.05, 4.69) is 10.0 Å². The smallest absolute Gasteiger partial charge is 0.251 e. The Hall–Kier alpha value is -3.10. The number of nitrogens with one attached hydrogen (secondary N) is 2. The average molecular weight is 414 g/mol. The number of carbonyl (C=O) groups is 1. The third-order valence-electron chi connectivity index (χ3n) is 4.36. The number of ether oxygens (including phenoxy) is 1. The SMILES string of the molecule is COc1ccccc1S(=O)(=O)NCc1ccc(C(=O)N[C@H](C)c2ccco2)cc1. The Balaban J connectivity index is 1.62. The third kappa shape index (κ3) is 5.04. The molecule has 0 radical (unpaired) electrons. The molecule has 0 aliphatic heterocycles. The molecule has 0 bridgehead atoms. The normalized spacial score (nSPS) is 12.3. The first-order valence-electron chi connectivity index (χ1n) is 8.96. The monoisotopic (exact) mass is 414 g/mol. The quantitative estimate of drug-likeness (QED) is 0.590. The van der Waals surface area contributed by atoms with Crippen LogP contribution in [0.1, 0.15) is 34.6 Å². The molecule has 2 aromatic carbocycles. The van der Waals surface area contributed by atoms with Crippen LogP contribution in [0, 0.1) is 0 Å². The molecule has 0 fully saturated rings. The van der Waals surface area contributed by atoms with Crippen molar-refractivity contribution in [3.8, 4) is 5.75 Å². The summed E-state index contributed by atoms with van der Waals surface area (Å²) in [5.74, 6) is 0.702. The predicted molar refractivity (Wildman–Crippen MR) is 108 cm³/mol. The molecule has 7 nitrogen and oxygen atoms in total. The third-order valence-corrected chi connectivity index (χ3v) is 5.80. The second-order valence-corrected chi connectivity index (χ2v) is 8.12. The number of carbonyl (C=O) groups excluding carboxylic acids is 1. The van der Waals surface area contributed by atoms with Gasteiger partial charge in [0.2, 0.25) is 10.0 Å². The highest BCUT2D eigenvalue weighted by molar-refractivity contribution is 7.89. The molecule has 2 N–H and O–H groups in total. The fourth-order valence-electron chi connectivity index (χ4n) is 2.76. The van der Waals surface area contributed by atoms with Gasteiger partial charge < -0.3 is 14.5 Å². The van der Waals surface area contributed by atoms with Crippen LogP contribution in [0.2, 0.25) is 0 Å². The average Bonchev–Trinajstić information content (AvgIpc) is 3.28. The summed E-state index contributed by atoms with van der Waals surface area (Å²) < 4.78 is 38.0. The van der Waals surface area contributed by atoms with Crippen molar-refractivity contribution >= 4 is 15.9 Å². The maximum absolute atomic E-state index is 12.5. The van der Waals surface area contributed by atoms with E-state index in [0.717, 1.165) is 5.56 Å². The van der Waals surface area contributed by atoms with Crippen molar-refractivity contribution < 1.29 is 22.4 Å². The second-order valence-electron chi connectivity index (χ2n) is 6.38. The van der Waals surface area contributed by atoms with Gasteiger partial charge in [-0.2, -0.15) is 0 Å². The zero-order valence-electron chi connectivity index (χ0n) is 16.1. The number of methoxy groups -OCH3 is 1. The van der Waals surface area contributed by atoms with Crippen LogP contribution in [0.15, 0.2) is 76.2 Å². The number of sulfonamides is 1. The lowest BCUT2D eigenvalue weighted by molar-refractivity contribution is 0.0935. The number of hydrogen-bond acceptors (Lipinski definition) is 5. The Bertz CT molecular complexity index is 1060. The van der Waals surface area contributed by atoms with E-state index >= 15 is 0 Å². The summed E-state index contributed by atoms with van der Waals surface area (Å²) in [5.41, 5.74) is 1.19. The zero-order valence-corrected chi connectivity index (χ0v) is 16.9. The molecular weight excluding hydrogens is 392 g/mol. The van der Waals surface area contributed by atoms with Crippen LogP contribution >= 0.6 is 0 Å². The van der Waals surface area contributed by atoms with Crippen LogP contribution in [-0.2, 0) is 16.6 Å². The molecule has 8 heteroatoms. The molecule has 1 aromatic heterocycles. The van der Waals surface area contributed by atoms with E-state index in [0.29, 0.717) is 11.3 Å². The van der Waals surface area contributed by atoms with Gasteiger partial charge in [0.15, 0.2) is 0 Å². The molecule has 0 aliphatic rings. The van der Waals surface area contributed by atoms with Gasteiger partial charge in [-0.1, -0.05) is 24.3 Å². The van der Waals surface area contributed by atoms with Gasteiger partial charge in [0, 0.05) is 12.1 Å². The fraction of sp³-hybridized carbons (Fsp3) is 0.190. The van der Waals surface area contributed by atoms with E-state index in [9.17, 15) is 13.2 Å². The summed E-state index contributed by atoms with van der Waals surface area (Å²) in [6, 6.07) is 16.4. The Morgan fingerprint density at radius 2 is 1.79 bits per heavy atom. The number of para-hydroxylation sites is 1. The number of hydrogen-bond donors (Lipinski definition) is 2.